The van der Waals surface area contributed by atoms with Crippen molar-refractivity contribution in [1.29, 1.82) is 0 Å². The van der Waals surface area contributed by atoms with Crippen LogP contribution in [-0.4, -0.2) is 9.13 Å². The third-order valence-corrected chi connectivity index (χ3v) is 11.2. The smallest absolute Gasteiger partial charge is 0.0647 e. The summed E-state index contributed by atoms with van der Waals surface area (Å²) in [5.74, 6) is 0. The van der Waals surface area contributed by atoms with Crippen LogP contribution in [0.4, 0.5) is 0 Å². The minimum absolute atomic E-state index is 1.17. The van der Waals surface area contributed by atoms with Crippen molar-refractivity contribution in [3.05, 3.63) is 158 Å². The van der Waals surface area contributed by atoms with Crippen LogP contribution in [0.3, 0.4) is 0 Å². The molecule has 0 spiro atoms. The molecule has 0 amide bonds. The summed E-state index contributed by atoms with van der Waals surface area (Å²) in [6.07, 6.45) is 0. The van der Waals surface area contributed by atoms with Gasteiger partial charge >= 0.3 is 0 Å². The van der Waals surface area contributed by atoms with Gasteiger partial charge in [0.15, 0.2) is 0 Å². The summed E-state index contributed by atoms with van der Waals surface area (Å²) in [6.45, 7) is 4.00. The lowest BCUT2D eigenvalue weighted by atomic mass is 9.98. The van der Waals surface area contributed by atoms with Crippen LogP contribution in [0.5, 0.6) is 0 Å². The molecule has 3 heterocycles. The molecular formula is C46H32N2S. The minimum Gasteiger partial charge on any atom is -0.309 e. The topological polar surface area (TPSA) is 9.86 Å². The molecule has 0 saturated heterocycles. The molecule has 11 rings (SSSR count). The highest BCUT2D eigenvalue weighted by molar-refractivity contribution is 7.25. The van der Waals surface area contributed by atoms with Crippen LogP contribution in [0.1, 0.15) is 13.8 Å². The molecule has 0 bridgehead atoms. The molecule has 0 atom stereocenters. The standard InChI is InChI=1S/C44H26N2S.C2H6/c1-2-14-29(15-3-1)45-37-20-10-8-19-35(37)42-43(45)34-18-7-6-17-33(34)41-36-24-27-12-4-5-13-28(27)25-38(36)46(44(41)42)30-22-23-32-31-16-9-11-21-39(31)47-40(32)26-30;1-2/h1-26H;1-2H3. The zero-order chi connectivity index (χ0) is 32.6. The maximum Gasteiger partial charge on any atom is 0.0647 e. The van der Waals surface area contributed by atoms with E-state index in [-0.39, 0.29) is 0 Å². The highest BCUT2D eigenvalue weighted by atomic mass is 32.1. The molecule has 0 N–H and O–H groups in total. The van der Waals surface area contributed by atoms with Gasteiger partial charge in [0.1, 0.15) is 0 Å². The number of para-hydroxylation sites is 2. The summed E-state index contributed by atoms with van der Waals surface area (Å²) in [4.78, 5) is 0. The van der Waals surface area contributed by atoms with Gasteiger partial charge in [0.05, 0.1) is 22.1 Å². The van der Waals surface area contributed by atoms with Crippen LogP contribution < -0.4 is 0 Å². The van der Waals surface area contributed by atoms with E-state index in [1.807, 2.05) is 25.2 Å². The van der Waals surface area contributed by atoms with Gasteiger partial charge in [0, 0.05) is 58.5 Å². The van der Waals surface area contributed by atoms with E-state index in [0.29, 0.717) is 0 Å². The van der Waals surface area contributed by atoms with Crippen molar-refractivity contribution in [2.24, 2.45) is 0 Å². The van der Waals surface area contributed by atoms with Gasteiger partial charge in [-0.25, -0.2) is 0 Å². The molecule has 8 aromatic carbocycles. The first kappa shape index (κ1) is 28.1. The second kappa shape index (κ2) is 10.8. The molecule has 0 aliphatic heterocycles. The highest BCUT2D eigenvalue weighted by Crippen LogP contribution is 2.48. The van der Waals surface area contributed by atoms with Crippen LogP contribution in [0.15, 0.2) is 158 Å². The third kappa shape index (κ3) is 3.94. The molecule has 0 aliphatic carbocycles. The lowest BCUT2D eigenvalue weighted by Gasteiger charge is -2.13. The lowest BCUT2D eigenvalue weighted by Crippen LogP contribution is -1.96. The Kier molecular flexibility index (Phi) is 6.21. The maximum absolute atomic E-state index is 2.55. The fraction of sp³-hybridized carbons (Fsp3) is 0.0435. The molecule has 49 heavy (non-hydrogen) atoms. The summed E-state index contributed by atoms with van der Waals surface area (Å²) in [5, 5.41) is 12.8. The third-order valence-electron chi connectivity index (χ3n) is 10.0. The van der Waals surface area contributed by atoms with Gasteiger partial charge < -0.3 is 9.13 Å². The van der Waals surface area contributed by atoms with E-state index in [0.717, 1.165) is 0 Å². The fourth-order valence-corrected chi connectivity index (χ4v) is 9.23. The summed E-state index contributed by atoms with van der Waals surface area (Å²) >= 11 is 1.88. The Labute approximate surface area is 287 Å². The number of fused-ring (bicyclic) bond motifs is 14. The van der Waals surface area contributed by atoms with E-state index in [2.05, 4.69) is 167 Å². The molecule has 11 aromatic rings. The monoisotopic (exact) mass is 644 g/mol. The quantitative estimate of drug-likeness (QED) is 0.177. The summed E-state index contributed by atoms with van der Waals surface area (Å²) in [6, 6.07) is 58.2. The molecule has 3 aromatic heterocycles. The summed E-state index contributed by atoms with van der Waals surface area (Å²) in [7, 11) is 0. The number of thiophene rings is 1. The van der Waals surface area contributed by atoms with Gasteiger partial charge in [-0.3, -0.25) is 0 Å². The molecule has 0 fully saturated rings. The second-order valence-corrected chi connectivity index (χ2v) is 13.6. The van der Waals surface area contributed by atoms with Gasteiger partial charge in [-0.15, -0.1) is 11.3 Å². The first-order chi connectivity index (χ1) is 24.3. The Morgan fingerprint density at radius 2 is 0.980 bits per heavy atom. The van der Waals surface area contributed by atoms with E-state index >= 15 is 0 Å². The number of hydrogen-bond donors (Lipinski definition) is 0. The highest BCUT2D eigenvalue weighted by Gasteiger charge is 2.25. The van der Waals surface area contributed by atoms with Crippen molar-refractivity contribution in [2.75, 3.05) is 0 Å². The first-order valence-corrected chi connectivity index (χ1v) is 17.9. The molecule has 0 saturated carbocycles. The number of nitrogens with zero attached hydrogens (tertiary/aromatic N) is 2. The Hall–Kier alpha value is -5.90. The van der Waals surface area contributed by atoms with E-state index in [9.17, 15) is 0 Å². The molecule has 232 valence electrons. The Morgan fingerprint density at radius 3 is 1.80 bits per heavy atom. The number of rotatable bonds is 2. The van der Waals surface area contributed by atoms with Gasteiger partial charge in [0.25, 0.3) is 0 Å². The van der Waals surface area contributed by atoms with E-state index in [4.69, 9.17) is 0 Å². The minimum atomic E-state index is 1.17. The summed E-state index contributed by atoms with van der Waals surface area (Å²) in [5.41, 5.74) is 7.31. The predicted molar refractivity (Wildman–Crippen MR) is 214 cm³/mol. The van der Waals surface area contributed by atoms with Gasteiger partial charge in [-0.2, -0.15) is 0 Å². The SMILES string of the molecule is CC.c1ccc(-n2c3ccccc3c3c2c2ccccc2c2c4cc5ccccc5cc4n(-c4ccc5c(c4)sc4ccccc45)c23)cc1. The normalized spacial score (nSPS) is 11.9. The average Bonchev–Trinajstić information content (AvgIpc) is 3.82. The largest absolute Gasteiger partial charge is 0.309 e. The number of benzene rings is 8. The molecular weight excluding hydrogens is 613 g/mol. The van der Waals surface area contributed by atoms with Crippen molar-refractivity contribution < 1.29 is 0 Å². The number of aromatic nitrogens is 2. The van der Waals surface area contributed by atoms with Crippen LogP contribution in [0, 0.1) is 0 Å². The second-order valence-electron chi connectivity index (χ2n) is 12.5. The Balaban J connectivity index is 0.00000150. The zero-order valence-electron chi connectivity index (χ0n) is 27.3. The lowest BCUT2D eigenvalue weighted by molar-refractivity contribution is 1.18. The molecule has 0 unspecified atom stereocenters. The van der Waals surface area contributed by atoms with Gasteiger partial charge in [-0.1, -0.05) is 123 Å². The molecule has 2 nitrogen and oxygen atoms in total. The van der Waals surface area contributed by atoms with Crippen molar-refractivity contribution in [1.82, 2.24) is 9.13 Å². The molecule has 0 aliphatic rings. The first-order valence-electron chi connectivity index (χ1n) is 17.1. The number of hydrogen-bond acceptors (Lipinski definition) is 1. The van der Waals surface area contributed by atoms with Crippen LogP contribution in [0.25, 0.3) is 96.7 Å². The van der Waals surface area contributed by atoms with E-state index < -0.39 is 0 Å². The van der Waals surface area contributed by atoms with Crippen LogP contribution in [-0.2, 0) is 0 Å². The van der Waals surface area contributed by atoms with Crippen LogP contribution >= 0.6 is 11.3 Å². The maximum atomic E-state index is 2.55. The van der Waals surface area contributed by atoms with Crippen molar-refractivity contribution in [3.63, 3.8) is 0 Å². The average molecular weight is 645 g/mol. The van der Waals surface area contributed by atoms with Gasteiger partial charge in [-0.05, 0) is 64.7 Å². The molecule has 3 heteroatoms. The van der Waals surface area contributed by atoms with E-state index in [1.54, 1.807) is 0 Å². The van der Waals surface area contributed by atoms with Crippen molar-refractivity contribution in [2.45, 2.75) is 13.8 Å². The Morgan fingerprint density at radius 1 is 0.367 bits per heavy atom. The Bertz CT molecular complexity index is 3070. The fourth-order valence-electron chi connectivity index (χ4n) is 8.09. The zero-order valence-corrected chi connectivity index (χ0v) is 28.1. The van der Waals surface area contributed by atoms with E-state index in [1.165, 1.54) is 96.7 Å². The predicted octanol–water partition coefficient (Wildman–Crippen LogP) is 13.6. The molecule has 0 radical (unpaired) electrons. The summed E-state index contributed by atoms with van der Waals surface area (Å²) < 4.78 is 7.66. The van der Waals surface area contributed by atoms with Crippen molar-refractivity contribution >= 4 is 96.7 Å². The van der Waals surface area contributed by atoms with Crippen molar-refractivity contribution in [3.8, 4) is 11.4 Å². The van der Waals surface area contributed by atoms with Crippen LogP contribution in [0.2, 0.25) is 0 Å². The van der Waals surface area contributed by atoms with Gasteiger partial charge in [0.2, 0.25) is 0 Å².